The SMILES string of the molecule is CCOc1ccccc1CS(=O)(=O)NCC(=O)Nc1ccc2ccccc2c1. The molecule has 0 unspecified atom stereocenters. The molecule has 2 N–H and O–H groups in total. The standard InChI is InChI=1S/C21H22N2O4S/c1-2-27-20-10-6-5-9-18(20)15-28(25,26)22-14-21(24)23-19-12-11-16-7-3-4-8-17(16)13-19/h3-13,22H,2,14-15H2,1H3,(H,23,24). The van der Waals surface area contributed by atoms with Gasteiger partial charge in [0.25, 0.3) is 0 Å². The molecule has 6 nitrogen and oxygen atoms in total. The molecular formula is C21H22N2O4S. The number of anilines is 1. The number of hydrogen-bond donors (Lipinski definition) is 2. The van der Waals surface area contributed by atoms with Gasteiger partial charge in [0.05, 0.1) is 18.9 Å². The molecule has 0 aliphatic rings. The molecule has 0 saturated heterocycles. The Bertz CT molecular complexity index is 1080. The van der Waals surface area contributed by atoms with Crippen molar-refractivity contribution in [3.05, 3.63) is 72.3 Å². The minimum Gasteiger partial charge on any atom is -0.494 e. The third kappa shape index (κ3) is 5.31. The number of benzene rings is 3. The van der Waals surface area contributed by atoms with E-state index in [0.717, 1.165) is 10.8 Å². The first-order valence-corrected chi connectivity index (χ1v) is 10.6. The highest BCUT2D eigenvalue weighted by molar-refractivity contribution is 7.88. The van der Waals surface area contributed by atoms with E-state index >= 15 is 0 Å². The van der Waals surface area contributed by atoms with Gasteiger partial charge in [-0.1, -0.05) is 48.5 Å². The van der Waals surface area contributed by atoms with Gasteiger partial charge in [-0.15, -0.1) is 0 Å². The predicted octanol–water partition coefficient (Wildman–Crippen LogP) is 3.30. The third-order valence-corrected chi connectivity index (χ3v) is 5.38. The number of nitrogens with one attached hydrogen (secondary N) is 2. The van der Waals surface area contributed by atoms with Crippen LogP contribution in [0.25, 0.3) is 10.8 Å². The molecule has 146 valence electrons. The fourth-order valence-electron chi connectivity index (χ4n) is 2.82. The summed E-state index contributed by atoms with van der Waals surface area (Å²) in [5, 5.41) is 4.77. The maximum absolute atomic E-state index is 12.3. The van der Waals surface area contributed by atoms with Crippen molar-refractivity contribution >= 4 is 32.4 Å². The molecule has 1 amide bonds. The average Bonchev–Trinajstić information content (AvgIpc) is 2.68. The smallest absolute Gasteiger partial charge is 0.239 e. The summed E-state index contributed by atoms with van der Waals surface area (Å²) in [6.07, 6.45) is 0. The lowest BCUT2D eigenvalue weighted by Gasteiger charge is -2.11. The van der Waals surface area contributed by atoms with E-state index < -0.39 is 15.9 Å². The molecule has 0 spiro atoms. The van der Waals surface area contributed by atoms with E-state index in [0.29, 0.717) is 23.6 Å². The molecule has 28 heavy (non-hydrogen) atoms. The third-order valence-electron chi connectivity index (χ3n) is 4.10. The lowest BCUT2D eigenvalue weighted by atomic mass is 10.1. The Kier molecular flexibility index (Phi) is 6.28. The van der Waals surface area contributed by atoms with Crippen LogP contribution in [0, 0.1) is 0 Å². The van der Waals surface area contributed by atoms with Crippen molar-refractivity contribution < 1.29 is 17.9 Å². The second kappa shape index (κ2) is 8.86. The summed E-state index contributed by atoms with van der Waals surface area (Å²) < 4.78 is 32.5. The normalized spacial score (nSPS) is 11.3. The van der Waals surface area contributed by atoms with Crippen LogP contribution in [0.15, 0.2) is 66.7 Å². The van der Waals surface area contributed by atoms with E-state index in [9.17, 15) is 13.2 Å². The molecule has 0 bridgehead atoms. The van der Waals surface area contributed by atoms with Gasteiger partial charge in [0.15, 0.2) is 0 Å². The van der Waals surface area contributed by atoms with E-state index in [1.807, 2.05) is 43.3 Å². The molecule has 0 aliphatic carbocycles. The average molecular weight is 398 g/mol. The van der Waals surface area contributed by atoms with Gasteiger partial charge in [0.2, 0.25) is 15.9 Å². The van der Waals surface area contributed by atoms with Gasteiger partial charge in [0.1, 0.15) is 5.75 Å². The van der Waals surface area contributed by atoms with E-state index in [2.05, 4.69) is 10.0 Å². The van der Waals surface area contributed by atoms with Gasteiger partial charge >= 0.3 is 0 Å². The summed E-state index contributed by atoms with van der Waals surface area (Å²) >= 11 is 0. The maximum atomic E-state index is 12.3. The van der Waals surface area contributed by atoms with E-state index in [-0.39, 0.29) is 12.3 Å². The van der Waals surface area contributed by atoms with Crippen LogP contribution in [0.3, 0.4) is 0 Å². The molecule has 0 aliphatic heterocycles. The minimum absolute atomic E-state index is 0.258. The second-order valence-corrected chi connectivity index (χ2v) is 8.04. The Hall–Kier alpha value is -2.90. The first-order chi connectivity index (χ1) is 13.5. The van der Waals surface area contributed by atoms with Gasteiger partial charge in [-0.2, -0.15) is 0 Å². The molecule has 3 aromatic carbocycles. The highest BCUT2D eigenvalue weighted by Gasteiger charge is 2.16. The molecule has 0 atom stereocenters. The monoisotopic (exact) mass is 398 g/mol. The number of hydrogen-bond acceptors (Lipinski definition) is 4. The number of sulfonamides is 1. The molecule has 3 rings (SSSR count). The van der Waals surface area contributed by atoms with Gasteiger partial charge in [0, 0.05) is 11.3 Å². The summed E-state index contributed by atoms with van der Waals surface area (Å²) in [6, 6.07) is 20.3. The Morgan fingerprint density at radius 3 is 2.46 bits per heavy atom. The summed E-state index contributed by atoms with van der Waals surface area (Å²) in [4.78, 5) is 12.2. The fraction of sp³-hybridized carbons (Fsp3) is 0.190. The number of rotatable bonds is 8. The summed E-state index contributed by atoms with van der Waals surface area (Å²) in [5.74, 6) is -0.167. The lowest BCUT2D eigenvalue weighted by Crippen LogP contribution is -2.33. The summed E-state index contributed by atoms with van der Waals surface area (Å²) in [6.45, 7) is 1.94. The van der Waals surface area contributed by atoms with Crippen molar-refractivity contribution in [1.82, 2.24) is 4.72 Å². The number of carbonyl (C=O) groups is 1. The van der Waals surface area contributed by atoms with Crippen LogP contribution in [0.4, 0.5) is 5.69 Å². The van der Waals surface area contributed by atoms with Crippen molar-refractivity contribution in [2.24, 2.45) is 0 Å². The zero-order valence-corrected chi connectivity index (χ0v) is 16.3. The maximum Gasteiger partial charge on any atom is 0.239 e. The van der Waals surface area contributed by atoms with Crippen LogP contribution in [0.2, 0.25) is 0 Å². The molecule has 0 saturated carbocycles. The highest BCUT2D eigenvalue weighted by atomic mass is 32.2. The quantitative estimate of drug-likeness (QED) is 0.610. The minimum atomic E-state index is -3.69. The van der Waals surface area contributed by atoms with E-state index in [4.69, 9.17) is 4.74 Å². The van der Waals surface area contributed by atoms with Gasteiger partial charge in [-0.25, -0.2) is 13.1 Å². The molecule has 0 radical (unpaired) electrons. The Labute approximate surface area is 164 Å². The number of amides is 1. The predicted molar refractivity (Wildman–Crippen MR) is 111 cm³/mol. The van der Waals surface area contributed by atoms with Gasteiger partial charge in [-0.3, -0.25) is 4.79 Å². The van der Waals surface area contributed by atoms with Crippen molar-refractivity contribution in [1.29, 1.82) is 0 Å². The number of ether oxygens (including phenoxy) is 1. The van der Waals surface area contributed by atoms with Crippen molar-refractivity contribution in [2.45, 2.75) is 12.7 Å². The van der Waals surface area contributed by atoms with Crippen LogP contribution >= 0.6 is 0 Å². The van der Waals surface area contributed by atoms with E-state index in [1.54, 1.807) is 30.3 Å². The fourth-order valence-corrected chi connectivity index (χ4v) is 3.92. The van der Waals surface area contributed by atoms with Crippen molar-refractivity contribution in [3.63, 3.8) is 0 Å². The Balaban J connectivity index is 1.60. The molecular weight excluding hydrogens is 376 g/mol. The van der Waals surface area contributed by atoms with Crippen LogP contribution in [-0.2, 0) is 20.6 Å². The first-order valence-electron chi connectivity index (χ1n) is 8.93. The van der Waals surface area contributed by atoms with Crippen LogP contribution < -0.4 is 14.8 Å². The number of para-hydroxylation sites is 1. The largest absolute Gasteiger partial charge is 0.494 e. The molecule has 0 aromatic heterocycles. The van der Waals surface area contributed by atoms with Gasteiger partial charge in [-0.05, 0) is 35.9 Å². The Morgan fingerprint density at radius 2 is 1.68 bits per heavy atom. The topological polar surface area (TPSA) is 84.5 Å². The van der Waals surface area contributed by atoms with Crippen molar-refractivity contribution in [3.8, 4) is 5.75 Å². The van der Waals surface area contributed by atoms with Crippen LogP contribution in [-0.4, -0.2) is 27.5 Å². The summed E-state index contributed by atoms with van der Waals surface area (Å²) in [7, 11) is -3.69. The highest BCUT2D eigenvalue weighted by Crippen LogP contribution is 2.20. The van der Waals surface area contributed by atoms with Crippen LogP contribution in [0.5, 0.6) is 5.75 Å². The summed E-state index contributed by atoms with van der Waals surface area (Å²) in [5.41, 5.74) is 1.16. The number of carbonyl (C=O) groups excluding carboxylic acids is 1. The van der Waals surface area contributed by atoms with Crippen molar-refractivity contribution in [2.75, 3.05) is 18.5 Å². The first kappa shape index (κ1) is 19.9. The van der Waals surface area contributed by atoms with E-state index in [1.165, 1.54) is 0 Å². The zero-order valence-electron chi connectivity index (χ0n) is 15.5. The Morgan fingerprint density at radius 1 is 0.964 bits per heavy atom. The lowest BCUT2D eigenvalue weighted by molar-refractivity contribution is -0.115. The second-order valence-electron chi connectivity index (χ2n) is 6.23. The van der Waals surface area contributed by atoms with Gasteiger partial charge < -0.3 is 10.1 Å². The van der Waals surface area contributed by atoms with Crippen LogP contribution in [0.1, 0.15) is 12.5 Å². The molecule has 7 heteroatoms. The molecule has 3 aromatic rings. The molecule has 0 fully saturated rings. The molecule has 0 heterocycles. The number of fused-ring (bicyclic) bond motifs is 1. The zero-order chi connectivity index (χ0) is 20.0.